The average molecular weight is 584 g/mol. The second-order valence-corrected chi connectivity index (χ2v) is 20.4. The molecule has 0 radical (unpaired) electrons. The molecule has 0 aliphatic carbocycles. The number of hydrogen-bond donors (Lipinski definition) is 1. The van der Waals surface area contributed by atoms with E-state index < -0.39 is 59.2 Å². The molecule has 220 valence electrons. The van der Waals surface area contributed by atoms with Gasteiger partial charge >= 0.3 is 22.8 Å². The summed E-state index contributed by atoms with van der Waals surface area (Å²) in [6.45, 7) is 19.3. The Kier molecular flexibility index (Phi) is 10.6. The third kappa shape index (κ3) is 6.49. The van der Waals surface area contributed by atoms with Crippen molar-refractivity contribution in [1.29, 1.82) is 5.26 Å². The molecule has 1 aromatic heterocycles. The molecule has 2 fully saturated rings. The van der Waals surface area contributed by atoms with Crippen molar-refractivity contribution >= 4 is 17.1 Å². The number of nitrogens with zero attached hydrogens (tertiary/aromatic N) is 2. The van der Waals surface area contributed by atoms with Crippen molar-refractivity contribution in [3.05, 3.63) is 33.1 Å². The summed E-state index contributed by atoms with van der Waals surface area (Å²) in [5.74, 6) is 0. The van der Waals surface area contributed by atoms with Crippen LogP contribution in [0.4, 0.5) is 0 Å². The van der Waals surface area contributed by atoms with Gasteiger partial charge in [0.1, 0.15) is 18.3 Å². The number of fused-ring (bicyclic) bond motifs is 1. The molecule has 11 nitrogen and oxygen atoms in total. The highest BCUT2D eigenvalue weighted by atomic mass is 28.5. The molecule has 1 aromatic rings. The molecular weight excluding hydrogens is 538 g/mol. The lowest BCUT2D eigenvalue weighted by molar-refractivity contribution is -0.192. The molecule has 0 bridgehead atoms. The second-order valence-electron chi connectivity index (χ2n) is 11.6. The Morgan fingerprint density at radius 2 is 1.67 bits per heavy atom. The molecule has 2 aliphatic rings. The Bertz CT molecular complexity index is 1100. The quantitative estimate of drug-likeness (QED) is 0.246. The number of nitrogens with one attached hydrogen (secondary N) is 1. The monoisotopic (exact) mass is 583 g/mol. The molecule has 3 heterocycles. The molecule has 0 spiro atoms. The van der Waals surface area contributed by atoms with E-state index in [9.17, 15) is 9.59 Å². The van der Waals surface area contributed by atoms with E-state index in [2.05, 4.69) is 66.4 Å². The first kappa shape index (κ1) is 31.9. The minimum atomic E-state index is -3.00. The van der Waals surface area contributed by atoms with Gasteiger partial charge in [-0.1, -0.05) is 55.4 Å². The Morgan fingerprint density at radius 3 is 2.21 bits per heavy atom. The summed E-state index contributed by atoms with van der Waals surface area (Å²) in [5, 5.41) is 8.90. The number of rotatable bonds is 10. The van der Waals surface area contributed by atoms with E-state index in [4.69, 9.17) is 32.4 Å². The molecule has 1 N–H and O–H groups in total. The molecule has 5 atom stereocenters. The van der Waals surface area contributed by atoms with Gasteiger partial charge in [0.15, 0.2) is 12.5 Å². The average Bonchev–Trinajstić information content (AvgIpc) is 3.14. The molecule has 2 saturated heterocycles. The van der Waals surface area contributed by atoms with Gasteiger partial charge in [0.2, 0.25) is 0 Å². The first-order chi connectivity index (χ1) is 18.3. The summed E-state index contributed by atoms with van der Waals surface area (Å²) in [6, 6.07) is 3.32. The van der Waals surface area contributed by atoms with Gasteiger partial charge < -0.3 is 27.2 Å². The number of nitriles is 1. The SMILES string of the molecule is CC(OCCC#N)O[C@@H]1[C@@H]2O[Si](C(C)C)(C(C)C)O[Si](C(C)C)(C(C)C)OC[C@H]2O[C@H]1n1ccc(=O)[nH]c1=O. The molecule has 0 saturated carbocycles. The molecule has 1 unspecified atom stereocenters. The number of aromatic nitrogens is 2. The largest absolute Gasteiger partial charge is 0.414 e. The first-order valence-corrected chi connectivity index (χ1v) is 17.9. The Labute approximate surface area is 233 Å². The van der Waals surface area contributed by atoms with Crippen LogP contribution in [0.25, 0.3) is 0 Å². The van der Waals surface area contributed by atoms with E-state index in [1.165, 1.54) is 16.8 Å². The smallest absolute Gasteiger partial charge is 0.335 e. The minimum absolute atomic E-state index is 0.0871. The van der Waals surface area contributed by atoms with Crippen LogP contribution in [-0.4, -0.2) is 64.5 Å². The van der Waals surface area contributed by atoms with Gasteiger partial charge in [0.05, 0.1) is 25.7 Å². The molecule has 0 aromatic carbocycles. The predicted octanol–water partition coefficient (Wildman–Crippen LogP) is 4.05. The fraction of sp³-hybridized carbons (Fsp3) is 0.808. The highest BCUT2D eigenvalue weighted by Crippen LogP contribution is 2.48. The first-order valence-electron chi connectivity index (χ1n) is 13.9. The van der Waals surface area contributed by atoms with Crippen molar-refractivity contribution in [3.63, 3.8) is 0 Å². The third-order valence-electron chi connectivity index (χ3n) is 7.66. The lowest BCUT2D eigenvalue weighted by atomic mass is 10.1. The third-order valence-corrected chi connectivity index (χ3v) is 17.9. The van der Waals surface area contributed by atoms with Crippen molar-refractivity contribution in [2.24, 2.45) is 0 Å². The minimum Gasteiger partial charge on any atom is -0.414 e. The highest BCUT2D eigenvalue weighted by molar-refractivity contribution is 6.83. The molecular formula is C26H45N3O8Si2. The maximum absolute atomic E-state index is 12.9. The van der Waals surface area contributed by atoms with Crippen molar-refractivity contribution in [3.8, 4) is 6.07 Å². The van der Waals surface area contributed by atoms with Crippen LogP contribution in [-0.2, 0) is 27.2 Å². The summed E-state index contributed by atoms with van der Waals surface area (Å²) < 4.78 is 41.1. The summed E-state index contributed by atoms with van der Waals surface area (Å²) in [7, 11) is -5.79. The van der Waals surface area contributed by atoms with Gasteiger partial charge in [0, 0.05) is 12.3 Å². The zero-order valence-electron chi connectivity index (χ0n) is 24.6. The Hall–Kier alpha value is -1.64. The summed E-state index contributed by atoms with van der Waals surface area (Å²) in [6.07, 6.45) is -1.96. The van der Waals surface area contributed by atoms with Crippen molar-refractivity contribution in [1.82, 2.24) is 9.55 Å². The van der Waals surface area contributed by atoms with Crippen LogP contribution in [0.2, 0.25) is 22.2 Å². The highest BCUT2D eigenvalue weighted by Gasteiger charge is 2.62. The molecule has 3 rings (SSSR count). The van der Waals surface area contributed by atoms with E-state index in [1.54, 1.807) is 6.92 Å². The topological polar surface area (TPSA) is 134 Å². The molecule has 13 heteroatoms. The maximum atomic E-state index is 12.9. The molecule has 0 amide bonds. The summed E-state index contributed by atoms with van der Waals surface area (Å²) in [5.41, 5.74) is -0.610. The summed E-state index contributed by atoms with van der Waals surface area (Å²) >= 11 is 0. The van der Waals surface area contributed by atoms with Crippen molar-refractivity contribution in [2.75, 3.05) is 13.2 Å². The number of H-pyrrole nitrogens is 1. The maximum Gasteiger partial charge on any atom is 0.335 e. The Balaban J connectivity index is 2.12. The number of hydrogen-bond acceptors (Lipinski definition) is 9. The van der Waals surface area contributed by atoms with Crippen LogP contribution >= 0.6 is 0 Å². The van der Waals surface area contributed by atoms with E-state index >= 15 is 0 Å². The predicted molar refractivity (Wildman–Crippen MR) is 150 cm³/mol. The van der Waals surface area contributed by atoms with Gasteiger partial charge in [-0.05, 0) is 29.1 Å². The zero-order valence-corrected chi connectivity index (χ0v) is 26.6. The van der Waals surface area contributed by atoms with Gasteiger partial charge in [-0.25, -0.2) is 4.79 Å². The van der Waals surface area contributed by atoms with E-state index in [0.717, 1.165) is 0 Å². The van der Waals surface area contributed by atoms with Gasteiger partial charge in [-0.2, -0.15) is 5.26 Å². The summed E-state index contributed by atoms with van der Waals surface area (Å²) in [4.78, 5) is 27.0. The van der Waals surface area contributed by atoms with Crippen molar-refractivity contribution < 1.29 is 27.2 Å². The fourth-order valence-electron chi connectivity index (χ4n) is 5.65. The van der Waals surface area contributed by atoms with Crippen LogP contribution in [0.3, 0.4) is 0 Å². The molecule has 39 heavy (non-hydrogen) atoms. The Morgan fingerprint density at radius 1 is 1.05 bits per heavy atom. The van der Waals surface area contributed by atoms with Crippen LogP contribution in [0, 0.1) is 11.3 Å². The van der Waals surface area contributed by atoms with E-state index in [0.29, 0.717) is 0 Å². The lowest BCUT2D eigenvalue weighted by Crippen LogP contribution is -2.66. The van der Waals surface area contributed by atoms with Crippen LogP contribution < -0.4 is 11.2 Å². The number of ether oxygens (including phenoxy) is 3. The normalized spacial score (nSPS) is 27.4. The lowest BCUT2D eigenvalue weighted by Gasteiger charge is -2.51. The van der Waals surface area contributed by atoms with E-state index in [1.807, 2.05) is 0 Å². The zero-order chi connectivity index (χ0) is 29.1. The van der Waals surface area contributed by atoms with E-state index in [-0.39, 0.29) is 41.8 Å². The second kappa shape index (κ2) is 12.9. The van der Waals surface area contributed by atoms with Gasteiger partial charge in [-0.15, -0.1) is 0 Å². The standard InChI is InChI=1S/C26H45N3O8Si2/c1-16(2)38(17(3)4)33-15-21-23(36-39(37-38,18(5)6)19(7)8)24(34-20(9)32-14-10-12-27)25(35-21)29-13-11-22(30)28-26(29)31/h11,13,16-21,23-25H,10,14-15H2,1-9H3,(H,28,30,31)/t20?,21-,23-,24-,25-/m1/s1. The van der Waals surface area contributed by atoms with Crippen LogP contribution in [0.15, 0.2) is 21.9 Å². The van der Waals surface area contributed by atoms with Gasteiger partial charge in [-0.3, -0.25) is 14.3 Å². The van der Waals surface area contributed by atoms with Crippen LogP contribution in [0.1, 0.15) is 75.0 Å². The number of aromatic amines is 1. The molecule has 2 aliphatic heterocycles. The van der Waals surface area contributed by atoms with Crippen molar-refractivity contribution in [2.45, 2.75) is 122 Å². The fourth-order valence-corrected chi connectivity index (χ4v) is 16.9. The van der Waals surface area contributed by atoms with Crippen LogP contribution in [0.5, 0.6) is 0 Å². The van der Waals surface area contributed by atoms with Gasteiger partial charge in [0.25, 0.3) is 5.56 Å².